The topological polar surface area (TPSA) is 6.48 Å². The molecule has 0 aliphatic carbocycles. The van der Waals surface area contributed by atoms with Crippen LogP contribution < -0.4 is 0 Å². The Labute approximate surface area is 137 Å². The fraction of sp³-hybridized carbons (Fsp3) is 0.333. The van der Waals surface area contributed by atoms with Gasteiger partial charge in [0, 0.05) is 36.6 Å². The van der Waals surface area contributed by atoms with E-state index in [-0.39, 0.29) is 13.1 Å². The van der Waals surface area contributed by atoms with E-state index in [1.807, 2.05) is 42.5 Å². The molecule has 1 saturated heterocycles. The normalized spacial score (nSPS) is 26.2. The van der Waals surface area contributed by atoms with Crippen molar-refractivity contribution in [3.63, 3.8) is 0 Å². The Bertz CT molecular complexity index is 704. The summed E-state index contributed by atoms with van der Waals surface area (Å²) in [4.78, 5) is 3.05. The van der Waals surface area contributed by atoms with Crippen LogP contribution in [0.4, 0.5) is 0 Å². The van der Waals surface area contributed by atoms with E-state index >= 15 is 0 Å². The highest BCUT2D eigenvalue weighted by Crippen LogP contribution is 2.30. The number of hydrogen-bond acceptors (Lipinski definition) is 2. The van der Waals surface area contributed by atoms with Gasteiger partial charge in [-0.3, -0.25) is 4.90 Å². The Hall–Kier alpha value is -1.35. The smallest absolute Gasteiger partial charge is 0.0602 e. The maximum Gasteiger partial charge on any atom is 0.0602 e. The SMILES string of the molecule is [2H]C1([2H])CN(C)CC([2H])([2H])N1C(c1ccccc1)c1ccc(Cl)cc1. The second-order valence-electron chi connectivity index (χ2n) is 5.22. The number of benzene rings is 2. The molecule has 2 aromatic rings. The molecule has 0 bridgehead atoms. The Kier molecular flexibility index (Phi) is 3.27. The van der Waals surface area contributed by atoms with Gasteiger partial charge in [0.05, 0.1) is 6.04 Å². The van der Waals surface area contributed by atoms with Crippen LogP contribution in [0.15, 0.2) is 54.6 Å². The molecule has 21 heavy (non-hydrogen) atoms. The average Bonchev–Trinajstić information content (AvgIpc) is 2.51. The number of piperazine rings is 1. The van der Waals surface area contributed by atoms with E-state index in [0.717, 1.165) is 11.1 Å². The number of halogens is 1. The maximum absolute atomic E-state index is 8.53. The lowest BCUT2D eigenvalue weighted by molar-refractivity contribution is 0.127. The highest BCUT2D eigenvalue weighted by molar-refractivity contribution is 6.30. The predicted molar refractivity (Wildman–Crippen MR) is 88.8 cm³/mol. The second-order valence-corrected chi connectivity index (χ2v) is 5.66. The molecule has 0 saturated carbocycles. The number of hydrogen-bond donors (Lipinski definition) is 0. The van der Waals surface area contributed by atoms with Crippen molar-refractivity contribution in [2.24, 2.45) is 0 Å². The first-order chi connectivity index (χ1) is 11.7. The Morgan fingerprint density at radius 3 is 2.14 bits per heavy atom. The highest BCUT2D eigenvalue weighted by atomic mass is 35.5. The summed E-state index contributed by atoms with van der Waals surface area (Å²) in [6, 6.07) is 16.1. The third kappa shape index (κ3) is 3.46. The molecule has 1 aliphatic rings. The summed E-state index contributed by atoms with van der Waals surface area (Å²) in [5, 5.41) is 0.597. The highest BCUT2D eigenvalue weighted by Gasteiger charge is 2.25. The Balaban J connectivity index is 2.15. The minimum absolute atomic E-state index is 0.142. The molecule has 1 aliphatic heterocycles. The van der Waals surface area contributed by atoms with Gasteiger partial charge in [-0.05, 0) is 30.3 Å². The molecule has 0 radical (unpaired) electrons. The van der Waals surface area contributed by atoms with Gasteiger partial charge in [0.25, 0.3) is 0 Å². The molecule has 2 aromatic carbocycles. The lowest BCUT2D eigenvalue weighted by atomic mass is 9.96. The molecule has 1 heterocycles. The monoisotopic (exact) mass is 304 g/mol. The van der Waals surface area contributed by atoms with Crippen molar-refractivity contribution >= 4 is 11.6 Å². The van der Waals surface area contributed by atoms with Crippen molar-refractivity contribution in [1.29, 1.82) is 0 Å². The van der Waals surface area contributed by atoms with Crippen LogP contribution >= 0.6 is 11.6 Å². The molecule has 1 atom stereocenters. The first-order valence-electron chi connectivity index (χ1n) is 8.99. The summed E-state index contributed by atoms with van der Waals surface area (Å²) in [7, 11) is 1.74. The first-order valence-corrected chi connectivity index (χ1v) is 7.37. The van der Waals surface area contributed by atoms with E-state index in [4.69, 9.17) is 17.1 Å². The van der Waals surface area contributed by atoms with Crippen molar-refractivity contribution in [3.05, 3.63) is 70.7 Å². The zero-order valence-corrected chi connectivity index (χ0v) is 12.7. The van der Waals surface area contributed by atoms with Crippen LogP contribution in [0.5, 0.6) is 0 Å². The van der Waals surface area contributed by atoms with E-state index in [0.29, 0.717) is 5.02 Å². The minimum atomic E-state index is -1.82. The average molecular weight is 305 g/mol. The molecular formula is C18H21ClN2. The number of nitrogens with zero attached hydrogens (tertiary/aromatic N) is 2. The summed E-state index contributed by atoms with van der Waals surface area (Å²) in [5.41, 5.74) is 1.66. The van der Waals surface area contributed by atoms with Gasteiger partial charge >= 0.3 is 0 Å². The lowest BCUT2D eigenvalue weighted by Gasteiger charge is -2.38. The predicted octanol–water partition coefficient (Wildman–Crippen LogP) is 3.68. The van der Waals surface area contributed by atoms with Crippen LogP contribution in [0.25, 0.3) is 0 Å². The van der Waals surface area contributed by atoms with Crippen molar-refractivity contribution in [2.75, 3.05) is 33.1 Å². The fourth-order valence-electron chi connectivity index (χ4n) is 2.46. The van der Waals surface area contributed by atoms with Gasteiger partial charge < -0.3 is 4.90 Å². The summed E-state index contributed by atoms with van der Waals surface area (Å²) >= 11 is 6.01. The zero-order chi connectivity index (χ0) is 18.2. The second kappa shape index (κ2) is 6.61. The van der Waals surface area contributed by atoms with E-state index in [1.165, 1.54) is 4.90 Å². The molecule has 1 fully saturated rings. The van der Waals surface area contributed by atoms with Gasteiger partial charge in [0.1, 0.15) is 0 Å². The van der Waals surface area contributed by atoms with Crippen molar-refractivity contribution < 1.29 is 5.48 Å². The van der Waals surface area contributed by atoms with Gasteiger partial charge in [0.2, 0.25) is 0 Å². The quantitative estimate of drug-likeness (QED) is 0.853. The third-order valence-electron chi connectivity index (χ3n) is 3.58. The van der Waals surface area contributed by atoms with E-state index in [2.05, 4.69) is 0 Å². The maximum atomic E-state index is 8.53. The van der Waals surface area contributed by atoms with Crippen LogP contribution in [0, 0.1) is 0 Å². The van der Waals surface area contributed by atoms with E-state index in [9.17, 15) is 0 Å². The van der Waals surface area contributed by atoms with Crippen LogP contribution in [0.1, 0.15) is 22.7 Å². The Morgan fingerprint density at radius 1 is 0.952 bits per heavy atom. The molecule has 3 rings (SSSR count). The van der Waals surface area contributed by atoms with Crippen LogP contribution in [0.3, 0.4) is 0 Å². The summed E-state index contributed by atoms with van der Waals surface area (Å²) < 4.78 is 34.1. The van der Waals surface area contributed by atoms with Crippen molar-refractivity contribution in [1.82, 2.24) is 9.80 Å². The Morgan fingerprint density at radius 2 is 1.52 bits per heavy atom. The van der Waals surface area contributed by atoms with Crippen LogP contribution in [-0.4, -0.2) is 42.9 Å². The standard InChI is InChI=1S/C18H21ClN2/c1-20-11-13-21(14-12-20)18(15-5-3-2-4-6-15)16-7-9-17(19)10-8-16/h2-10,18H,11-14H2,1H3/i13D2,14D2. The van der Waals surface area contributed by atoms with Crippen LogP contribution in [-0.2, 0) is 0 Å². The van der Waals surface area contributed by atoms with Gasteiger partial charge in [-0.2, -0.15) is 0 Å². The van der Waals surface area contributed by atoms with E-state index in [1.54, 1.807) is 24.1 Å². The molecule has 0 N–H and O–H groups in total. The van der Waals surface area contributed by atoms with Gasteiger partial charge in [-0.15, -0.1) is 0 Å². The van der Waals surface area contributed by atoms with Crippen molar-refractivity contribution in [2.45, 2.75) is 6.04 Å². The molecule has 0 amide bonds. The van der Waals surface area contributed by atoms with Gasteiger partial charge in [-0.25, -0.2) is 0 Å². The summed E-state index contributed by atoms with van der Waals surface area (Å²) in [5.74, 6) is 0. The third-order valence-corrected chi connectivity index (χ3v) is 3.83. The first kappa shape index (κ1) is 10.4. The molecule has 3 heteroatoms. The summed E-state index contributed by atoms with van der Waals surface area (Å²) in [6.07, 6.45) is 0. The zero-order valence-electron chi connectivity index (χ0n) is 16.0. The summed E-state index contributed by atoms with van der Waals surface area (Å²) in [6.45, 7) is -3.36. The van der Waals surface area contributed by atoms with Crippen molar-refractivity contribution in [3.8, 4) is 0 Å². The lowest BCUT2D eigenvalue weighted by Crippen LogP contribution is -2.46. The van der Waals surface area contributed by atoms with Gasteiger partial charge in [-0.1, -0.05) is 54.1 Å². The molecule has 0 spiro atoms. The molecule has 0 aromatic heterocycles. The minimum Gasteiger partial charge on any atom is -0.304 e. The molecule has 110 valence electrons. The largest absolute Gasteiger partial charge is 0.304 e. The molecular weight excluding hydrogens is 280 g/mol. The molecule has 2 nitrogen and oxygen atoms in total. The number of likely N-dealkylation sites (N-methyl/N-ethyl adjacent to an activating group) is 1. The fourth-order valence-corrected chi connectivity index (χ4v) is 2.59. The molecule has 1 unspecified atom stereocenters. The van der Waals surface area contributed by atoms with E-state index < -0.39 is 19.0 Å². The number of rotatable bonds is 3. The van der Waals surface area contributed by atoms with Crippen LogP contribution in [0.2, 0.25) is 5.02 Å². The van der Waals surface area contributed by atoms with Gasteiger partial charge in [0.15, 0.2) is 0 Å².